The molecule has 0 radical (unpaired) electrons. The van der Waals surface area contributed by atoms with Crippen LogP contribution in [0.3, 0.4) is 0 Å². The van der Waals surface area contributed by atoms with Gasteiger partial charge in [-0.05, 0) is 64.8 Å². The van der Waals surface area contributed by atoms with E-state index < -0.39 is 53.5 Å². The highest BCUT2D eigenvalue weighted by Gasteiger charge is 2.33. The van der Waals surface area contributed by atoms with Crippen LogP contribution in [0.4, 0.5) is 4.79 Å². The Hall–Kier alpha value is -4.00. The van der Waals surface area contributed by atoms with Crippen molar-refractivity contribution in [1.82, 2.24) is 10.4 Å². The second-order valence-electron chi connectivity index (χ2n) is 10.6. The SMILES string of the molecule is CC(C)(C)OC(=O)CNCc1cc(OC(=O)CC(=O)OC(C)(C)C)ccc1COC(=O)ON1C(=O)CCC1=O. The molecule has 13 nitrogen and oxygen atoms in total. The molecule has 1 fully saturated rings. The first-order chi connectivity index (χ1) is 18.0. The van der Waals surface area contributed by atoms with Crippen LogP contribution in [0.15, 0.2) is 18.2 Å². The van der Waals surface area contributed by atoms with Crippen LogP contribution in [0.2, 0.25) is 0 Å². The molecule has 214 valence electrons. The predicted octanol–water partition coefficient (Wildman–Crippen LogP) is 2.47. The summed E-state index contributed by atoms with van der Waals surface area (Å²) in [5, 5.41) is 3.26. The average molecular weight is 551 g/mol. The summed E-state index contributed by atoms with van der Waals surface area (Å²) in [6.45, 7) is 9.83. The van der Waals surface area contributed by atoms with Gasteiger partial charge in [-0.1, -0.05) is 11.1 Å². The minimum Gasteiger partial charge on any atom is -0.460 e. The number of nitrogens with zero attached hydrogens (tertiary/aromatic N) is 1. The van der Waals surface area contributed by atoms with Crippen molar-refractivity contribution in [3.05, 3.63) is 29.3 Å². The van der Waals surface area contributed by atoms with Crippen LogP contribution in [-0.4, -0.2) is 58.7 Å². The highest BCUT2D eigenvalue weighted by Crippen LogP contribution is 2.21. The van der Waals surface area contributed by atoms with Crippen LogP contribution in [0.1, 0.15) is 71.9 Å². The summed E-state index contributed by atoms with van der Waals surface area (Å²) in [4.78, 5) is 76.2. The number of imide groups is 1. The fourth-order valence-electron chi connectivity index (χ4n) is 3.21. The molecule has 0 spiro atoms. The van der Waals surface area contributed by atoms with Gasteiger partial charge in [0.15, 0.2) is 0 Å². The molecule has 0 aromatic heterocycles. The molecule has 1 aromatic carbocycles. The summed E-state index contributed by atoms with van der Waals surface area (Å²) in [5.41, 5.74) is -0.516. The van der Waals surface area contributed by atoms with Gasteiger partial charge in [0.1, 0.15) is 30.0 Å². The van der Waals surface area contributed by atoms with Gasteiger partial charge >= 0.3 is 24.1 Å². The summed E-state index contributed by atoms with van der Waals surface area (Å²) in [5.74, 6) is -3.29. The van der Waals surface area contributed by atoms with Crippen molar-refractivity contribution in [3.8, 4) is 5.75 Å². The number of ether oxygens (including phenoxy) is 4. The Bertz CT molecular complexity index is 1100. The average Bonchev–Trinajstić information content (AvgIpc) is 3.07. The lowest BCUT2D eigenvalue weighted by atomic mass is 10.1. The Kier molecular flexibility index (Phi) is 10.6. The molecule has 0 atom stereocenters. The first-order valence-corrected chi connectivity index (χ1v) is 12.2. The van der Waals surface area contributed by atoms with Crippen LogP contribution >= 0.6 is 0 Å². The number of esters is 3. The lowest BCUT2D eigenvalue weighted by Gasteiger charge is -2.20. The second kappa shape index (κ2) is 13.2. The van der Waals surface area contributed by atoms with Gasteiger partial charge < -0.3 is 24.3 Å². The number of rotatable bonds is 10. The molecule has 1 aliphatic rings. The predicted molar refractivity (Wildman–Crippen MR) is 132 cm³/mol. The van der Waals surface area contributed by atoms with E-state index in [1.165, 1.54) is 18.2 Å². The molecular formula is C26H34N2O11. The van der Waals surface area contributed by atoms with E-state index in [4.69, 9.17) is 18.9 Å². The molecule has 0 bridgehead atoms. The topological polar surface area (TPSA) is 164 Å². The summed E-state index contributed by atoms with van der Waals surface area (Å²) >= 11 is 0. The zero-order valence-corrected chi connectivity index (χ0v) is 22.9. The van der Waals surface area contributed by atoms with Crippen molar-refractivity contribution < 1.29 is 52.6 Å². The number of hydrogen-bond donors (Lipinski definition) is 1. The normalized spacial score (nSPS) is 13.6. The molecule has 1 aromatic rings. The van der Waals surface area contributed by atoms with Crippen LogP contribution < -0.4 is 10.1 Å². The van der Waals surface area contributed by atoms with Gasteiger partial charge in [0.05, 0.1) is 6.54 Å². The molecule has 0 saturated carbocycles. The molecular weight excluding hydrogens is 516 g/mol. The minimum absolute atomic E-state index is 0.0618. The number of amides is 2. The zero-order valence-electron chi connectivity index (χ0n) is 22.9. The van der Waals surface area contributed by atoms with Crippen molar-refractivity contribution in [3.63, 3.8) is 0 Å². The third-order valence-corrected chi connectivity index (χ3v) is 4.64. The molecule has 13 heteroatoms. The van der Waals surface area contributed by atoms with Gasteiger partial charge in [-0.25, -0.2) is 4.79 Å². The maximum Gasteiger partial charge on any atom is 0.534 e. The Morgan fingerprint density at radius 3 is 2.03 bits per heavy atom. The van der Waals surface area contributed by atoms with Crippen molar-refractivity contribution >= 4 is 35.9 Å². The number of benzene rings is 1. The van der Waals surface area contributed by atoms with Gasteiger partial charge in [0.25, 0.3) is 11.8 Å². The first-order valence-electron chi connectivity index (χ1n) is 12.2. The van der Waals surface area contributed by atoms with Crippen LogP contribution in [0, 0.1) is 0 Å². The smallest absolute Gasteiger partial charge is 0.460 e. The van der Waals surface area contributed by atoms with Crippen molar-refractivity contribution in [1.29, 1.82) is 0 Å². The van der Waals surface area contributed by atoms with E-state index in [9.17, 15) is 28.8 Å². The Balaban J connectivity index is 2.07. The quantitative estimate of drug-likeness (QED) is 0.149. The lowest BCUT2D eigenvalue weighted by molar-refractivity contribution is -0.177. The Labute approximate surface area is 226 Å². The van der Waals surface area contributed by atoms with Gasteiger partial charge in [0.2, 0.25) is 0 Å². The maximum absolute atomic E-state index is 12.2. The van der Waals surface area contributed by atoms with E-state index in [-0.39, 0.29) is 38.3 Å². The van der Waals surface area contributed by atoms with E-state index in [0.717, 1.165) is 0 Å². The van der Waals surface area contributed by atoms with E-state index in [1.54, 1.807) is 41.5 Å². The fourth-order valence-corrected chi connectivity index (χ4v) is 3.21. The second-order valence-corrected chi connectivity index (χ2v) is 10.6. The van der Waals surface area contributed by atoms with Gasteiger partial charge in [0, 0.05) is 19.4 Å². The third kappa shape index (κ3) is 11.5. The molecule has 1 heterocycles. The summed E-state index contributed by atoms with van der Waals surface area (Å²) < 4.78 is 20.7. The zero-order chi connectivity index (χ0) is 29.4. The van der Waals surface area contributed by atoms with E-state index in [1.807, 2.05) is 0 Å². The van der Waals surface area contributed by atoms with Crippen molar-refractivity contribution in [2.75, 3.05) is 6.54 Å². The van der Waals surface area contributed by atoms with E-state index in [2.05, 4.69) is 10.2 Å². The van der Waals surface area contributed by atoms with E-state index >= 15 is 0 Å². The molecule has 1 saturated heterocycles. The standard InChI is InChI=1S/C26H34N2O11/c1-25(2,3)37-22(32)12-21(31)36-18-8-7-16(15-35-24(34)39-28-19(29)9-10-20(28)30)17(11-18)13-27-14-23(33)38-26(4,5)6/h7-8,11,27H,9-10,12-15H2,1-6H3. The van der Waals surface area contributed by atoms with Crippen molar-refractivity contribution in [2.45, 2.75) is 85.2 Å². The Morgan fingerprint density at radius 2 is 1.44 bits per heavy atom. The largest absolute Gasteiger partial charge is 0.534 e. The van der Waals surface area contributed by atoms with Crippen LogP contribution in [-0.2, 0) is 56.2 Å². The van der Waals surface area contributed by atoms with Gasteiger partial charge in [-0.15, -0.1) is 0 Å². The molecule has 2 amide bonds. The molecule has 2 rings (SSSR count). The van der Waals surface area contributed by atoms with Crippen molar-refractivity contribution in [2.24, 2.45) is 0 Å². The summed E-state index contributed by atoms with van der Waals surface area (Å²) in [6, 6.07) is 4.38. The number of carbonyl (C=O) groups is 6. The molecule has 1 aliphatic heterocycles. The molecule has 1 N–H and O–H groups in total. The maximum atomic E-state index is 12.2. The number of hydroxylamine groups is 2. The third-order valence-electron chi connectivity index (χ3n) is 4.64. The van der Waals surface area contributed by atoms with Crippen LogP contribution in [0.5, 0.6) is 5.75 Å². The molecule has 39 heavy (non-hydrogen) atoms. The number of hydrogen-bond acceptors (Lipinski definition) is 12. The lowest BCUT2D eigenvalue weighted by Crippen LogP contribution is -2.32. The molecule has 0 unspecified atom stereocenters. The summed E-state index contributed by atoms with van der Waals surface area (Å²) in [7, 11) is 0. The monoisotopic (exact) mass is 550 g/mol. The van der Waals surface area contributed by atoms with Crippen LogP contribution in [0.25, 0.3) is 0 Å². The Morgan fingerprint density at radius 1 is 0.846 bits per heavy atom. The highest BCUT2D eigenvalue weighted by molar-refractivity contribution is 6.01. The van der Waals surface area contributed by atoms with Gasteiger partial charge in [-0.2, -0.15) is 0 Å². The van der Waals surface area contributed by atoms with Gasteiger partial charge in [-0.3, -0.25) is 28.8 Å². The van der Waals surface area contributed by atoms with E-state index in [0.29, 0.717) is 16.2 Å². The summed E-state index contributed by atoms with van der Waals surface area (Å²) in [6.07, 6.45) is -1.99. The molecule has 0 aliphatic carbocycles. The highest BCUT2D eigenvalue weighted by atomic mass is 16.8. The first kappa shape index (κ1) is 31.2. The number of nitrogens with one attached hydrogen (secondary N) is 1. The fraction of sp³-hybridized carbons (Fsp3) is 0.538. The number of carbonyl (C=O) groups excluding carboxylic acids is 6. The minimum atomic E-state index is -1.26.